The van der Waals surface area contributed by atoms with Gasteiger partial charge in [0, 0.05) is 11.6 Å². The van der Waals surface area contributed by atoms with E-state index in [0.29, 0.717) is 16.9 Å². The summed E-state index contributed by atoms with van der Waals surface area (Å²) in [5.74, 6) is 0. The van der Waals surface area contributed by atoms with Gasteiger partial charge in [-0.05, 0) is 51.1 Å². The number of hydrogen-bond donors (Lipinski definition) is 2. The molecule has 1 fully saturated rings. The van der Waals surface area contributed by atoms with Crippen molar-refractivity contribution in [1.82, 2.24) is 10.6 Å². The molecule has 1 aliphatic rings. The zero-order chi connectivity index (χ0) is 12.6. The van der Waals surface area contributed by atoms with Crippen LogP contribution in [0.5, 0.6) is 0 Å². The van der Waals surface area contributed by atoms with E-state index < -0.39 is 0 Å². The molecule has 2 heteroatoms. The molecule has 0 heterocycles. The maximum atomic E-state index is 3.68. The predicted octanol–water partition coefficient (Wildman–Crippen LogP) is 2.79. The van der Waals surface area contributed by atoms with E-state index in [0.717, 1.165) is 13.1 Å². The number of rotatable bonds is 5. The van der Waals surface area contributed by atoms with Crippen LogP contribution >= 0.6 is 0 Å². The Bertz CT molecular complexity index is 222. The van der Waals surface area contributed by atoms with Gasteiger partial charge < -0.3 is 10.6 Å². The molecule has 0 atom stereocenters. The van der Waals surface area contributed by atoms with Crippen LogP contribution in [0.15, 0.2) is 0 Å². The van der Waals surface area contributed by atoms with E-state index in [1.165, 1.54) is 6.42 Å². The third kappa shape index (κ3) is 2.98. The molecule has 0 spiro atoms. The second-order valence-corrected chi connectivity index (χ2v) is 7.36. The Morgan fingerprint density at radius 2 is 1.44 bits per heavy atom. The molecule has 16 heavy (non-hydrogen) atoms. The highest BCUT2D eigenvalue weighted by atomic mass is 15.0. The summed E-state index contributed by atoms with van der Waals surface area (Å²) in [5, 5.41) is 7.20. The molecule has 1 aliphatic carbocycles. The molecule has 0 saturated heterocycles. The van der Waals surface area contributed by atoms with E-state index in [4.69, 9.17) is 0 Å². The second-order valence-electron chi connectivity index (χ2n) is 7.36. The summed E-state index contributed by atoms with van der Waals surface area (Å²) < 4.78 is 0. The van der Waals surface area contributed by atoms with Crippen LogP contribution in [0, 0.1) is 10.8 Å². The first-order chi connectivity index (χ1) is 7.09. The maximum absolute atomic E-state index is 3.68. The van der Waals surface area contributed by atoms with Gasteiger partial charge in [0.25, 0.3) is 0 Å². The van der Waals surface area contributed by atoms with E-state index >= 15 is 0 Å². The van der Waals surface area contributed by atoms with Gasteiger partial charge in [0.2, 0.25) is 0 Å². The Morgan fingerprint density at radius 3 is 1.81 bits per heavy atom. The van der Waals surface area contributed by atoms with Crippen molar-refractivity contribution in [2.24, 2.45) is 10.8 Å². The first-order valence-corrected chi connectivity index (χ1v) is 6.57. The lowest BCUT2D eigenvalue weighted by Crippen LogP contribution is -2.37. The highest BCUT2D eigenvalue weighted by Gasteiger charge is 2.64. The maximum Gasteiger partial charge on any atom is 0.0181 e. The van der Waals surface area contributed by atoms with Crippen LogP contribution in [0.4, 0.5) is 0 Å². The molecule has 96 valence electrons. The summed E-state index contributed by atoms with van der Waals surface area (Å²) in [6.07, 6.45) is 1.21. The van der Waals surface area contributed by atoms with Crippen molar-refractivity contribution < 1.29 is 0 Å². The van der Waals surface area contributed by atoms with Crippen molar-refractivity contribution in [2.45, 2.75) is 66.5 Å². The van der Waals surface area contributed by atoms with Crippen LogP contribution < -0.4 is 10.6 Å². The molecule has 0 aromatic heterocycles. The van der Waals surface area contributed by atoms with Crippen molar-refractivity contribution >= 4 is 0 Å². The summed E-state index contributed by atoms with van der Waals surface area (Å²) >= 11 is 0. The van der Waals surface area contributed by atoms with Gasteiger partial charge in [0.15, 0.2) is 0 Å². The SMILES string of the molecule is CC(C)(C)NCCCNC1C(C)(C)C1(C)C. The van der Waals surface area contributed by atoms with Gasteiger partial charge in [-0.25, -0.2) is 0 Å². The van der Waals surface area contributed by atoms with E-state index in [1.807, 2.05) is 0 Å². The number of hydrogen-bond acceptors (Lipinski definition) is 2. The summed E-state index contributed by atoms with van der Waals surface area (Å²) in [4.78, 5) is 0. The minimum atomic E-state index is 0.248. The summed E-state index contributed by atoms with van der Waals surface area (Å²) in [6.45, 7) is 18.3. The van der Waals surface area contributed by atoms with Crippen LogP contribution in [0.3, 0.4) is 0 Å². The van der Waals surface area contributed by atoms with Gasteiger partial charge >= 0.3 is 0 Å². The van der Waals surface area contributed by atoms with Crippen LogP contribution in [-0.4, -0.2) is 24.7 Å². The largest absolute Gasteiger partial charge is 0.313 e. The summed E-state index contributed by atoms with van der Waals surface area (Å²) in [7, 11) is 0. The second kappa shape index (κ2) is 4.30. The zero-order valence-electron chi connectivity index (χ0n) is 12.2. The standard InChI is InChI=1S/C14H30N2/c1-12(2,3)16-10-8-9-15-11-13(4,5)14(11,6)7/h11,15-16H,8-10H2,1-7H3. The van der Waals surface area contributed by atoms with Gasteiger partial charge in [0.1, 0.15) is 0 Å². The average Bonchev–Trinajstić information content (AvgIpc) is 2.44. The topological polar surface area (TPSA) is 24.1 Å². The summed E-state index contributed by atoms with van der Waals surface area (Å²) in [6, 6.07) is 0.689. The van der Waals surface area contributed by atoms with E-state index in [-0.39, 0.29) is 5.54 Å². The molecule has 1 saturated carbocycles. The fraction of sp³-hybridized carbons (Fsp3) is 1.00. The van der Waals surface area contributed by atoms with Crippen LogP contribution in [0.25, 0.3) is 0 Å². The van der Waals surface area contributed by atoms with E-state index in [1.54, 1.807) is 0 Å². The Balaban J connectivity index is 2.10. The highest BCUT2D eigenvalue weighted by Crippen LogP contribution is 2.62. The van der Waals surface area contributed by atoms with Gasteiger partial charge in [-0.2, -0.15) is 0 Å². The van der Waals surface area contributed by atoms with E-state index in [9.17, 15) is 0 Å². The third-order valence-electron chi connectivity index (χ3n) is 4.38. The first kappa shape index (κ1) is 14.0. The lowest BCUT2D eigenvalue weighted by molar-refractivity contribution is 0.415. The van der Waals surface area contributed by atoms with Gasteiger partial charge in [0.05, 0.1) is 0 Å². The molecule has 0 aliphatic heterocycles. The molecule has 0 aromatic carbocycles. The van der Waals surface area contributed by atoms with E-state index in [2.05, 4.69) is 59.1 Å². The van der Waals surface area contributed by atoms with Crippen molar-refractivity contribution in [3.8, 4) is 0 Å². The Morgan fingerprint density at radius 1 is 0.938 bits per heavy atom. The molecule has 2 nitrogen and oxygen atoms in total. The Labute approximate surface area is 102 Å². The lowest BCUT2D eigenvalue weighted by Gasteiger charge is -2.20. The Kier molecular flexibility index (Phi) is 3.76. The molecular weight excluding hydrogens is 196 g/mol. The fourth-order valence-electron chi connectivity index (χ4n) is 2.50. The van der Waals surface area contributed by atoms with Crippen molar-refractivity contribution in [3.05, 3.63) is 0 Å². The molecule has 0 bridgehead atoms. The van der Waals surface area contributed by atoms with Crippen molar-refractivity contribution in [3.63, 3.8) is 0 Å². The average molecular weight is 226 g/mol. The minimum Gasteiger partial charge on any atom is -0.313 e. The van der Waals surface area contributed by atoms with Gasteiger partial charge in [-0.15, -0.1) is 0 Å². The molecule has 0 radical (unpaired) electrons. The molecular formula is C14H30N2. The lowest BCUT2D eigenvalue weighted by atomic mass is 10.0. The highest BCUT2D eigenvalue weighted by molar-refractivity contribution is 5.17. The summed E-state index contributed by atoms with van der Waals surface area (Å²) in [5.41, 5.74) is 1.17. The smallest absolute Gasteiger partial charge is 0.0181 e. The first-order valence-electron chi connectivity index (χ1n) is 6.57. The minimum absolute atomic E-state index is 0.248. The molecule has 0 unspecified atom stereocenters. The monoisotopic (exact) mass is 226 g/mol. The Hall–Kier alpha value is -0.0800. The normalized spacial score (nSPS) is 23.4. The van der Waals surface area contributed by atoms with Crippen LogP contribution in [-0.2, 0) is 0 Å². The van der Waals surface area contributed by atoms with Crippen LogP contribution in [0.1, 0.15) is 54.9 Å². The van der Waals surface area contributed by atoms with Crippen LogP contribution in [0.2, 0.25) is 0 Å². The fourth-order valence-corrected chi connectivity index (χ4v) is 2.50. The predicted molar refractivity (Wildman–Crippen MR) is 71.7 cm³/mol. The van der Waals surface area contributed by atoms with Gasteiger partial charge in [-0.3, -0.25) is 0 Å². The number of nitrogens with one attached hydrogen (secondary N) is 2. The van der Waals surface area contributed by atoms with Crippen molar-refractivity contribution in [1.29, 1.82) is 0 Å². The quantitative estimate of drug-likeness (QED) is 0.704. The molecule has 1 rings (SSSR count). The molecule has 0 amide bonds. The molecule has 2 N–H and O–H groups in total. The zero-order valence-corrected chi connectivity index (χ0v) is 12.2. The van der Waals surface area contributed by atoms with Crippen molar-refractivity contribution in [2.75, 3.05) is 13.1 Å². The molecule has 0 aromatic rings. The van der Waals surface area contributed by atoms with Gasteiger partial charge in [-0.1, -0.05) is 27.7 Å². The third-order valence-corrected chi connectivity index (χ3v) is 4.38.